The molecule has 0 aliphatic carbocycles. The van der Waals surface area contributed by atoms with E-state index in [0.29, 0.717) is 10.8 Å². The number of rotatable bonds is 6. The fourth-order valence-electron chi connectivity index (χ4n) is 1.89. The van der Waals surface area contributed by atoms with E-state index < -0.39 is 10.0 Å². The number of hydrogen-bond acceptors (Lipinski definition) is 3. The molecule has 0 aliphatic rings. The molecule has 0 amide bonds. The number of anilines is 1. The van der Waals surface area contributed by atoms with Crippen molar-refractivity contribution in [3.05, 3.63) is 24.3 Å². The minimum absolute atomic E-state index is 0.0565. The summed E-state index contributed by atoms with van der Waals surface area (Å²) in [5.74, 6) is 0.467. The number of hydrogen-bond donors (Lipinski definition) is 2. The van der Waals surface area contributed by atoms with Crippen LogP contribution in [0.3, 0.4) is 0 Å². The Hall–Kier alpha value is -1.07. The van der Waals surface area contributed by atoms with Crippen molar-refractivity contribution in [2.24, 2.45) is 5.92 Å². The molecule has 0 aromatic heterocycles. The van der Waals surface area contributed by atoms with Crippen molar-refractivity contribution >= 4 is 15.7 Å². The van der Waals surface area contributed by atoms with Gasteiger partial charge < -0.3 is 5.32 Å². The second-order valence-corrected chi connectivity index (χ2v) is 6.64. The van der Waals surface area contributed by atoms with Crippen LogP contribution in [0.2, 0.25) is 0 Å². The predicted octanol–water partition coefficient (Wildman–Crippen LogP) is 2.44. The summed E-state index contributed by atoms with van der Waals surface area (Å²) in [6.45, 7) is 6.04. The Kier molecular flexibility index (Phi) is 5.16. The van der Waals surface area contributed by atoms with Gasteiger partial charge in [0.1, 0.15) is 0 Å². The van der Waals surface area contributed by atoms with Gasteiger partial charge in [-0.3, -0.25) is 0 Å². The van der Waals surface area contributed by atoms with Gasteiger partial charge in [-0.25, -0.2) is 13.1 Å². The monoisotopic (exact) mass is 270 g/mol. The first kappa shape index (κ1) is 15.0. The SMILES string of the molecule is CNc1ccc(S(=O)(=O)NC(C)CC(C)C)cc1. The maximum atomic E-state index is 12.1. The average molecular weight is 270 g/mol. The summed E-state index contributed by atoms with van der Waals surface area (Å²) >= 11 is 0. The lowest BCUT2D eigenvalue weighted by Crippen LogP contribution is -2.33. The average Bonchev–Trinajstić information content (AvgIpc) is 2.27. The van der Waals surface area contributed by atoms with Gasteiger partial charge in [-0.2, -0.15) is 0 Å². The van der Waals surface area contributed by atoms with Crippen LogP contribution in [0.25, 0.3) is 0 Å². The highest BCUT2D eigenvalue weighted by molar-refractivity contribution is 7.89. The summed E-state index contributed by atoms with van der Waals surface area (Å²) in [6.07, 6.45) is 0.827. The fraction of sp³-hybridized carbons (Fsp3) is 0.538. The Balaban J connectivity index is 2.79. The molecule has 0 radical (unpaired) electrons. The fourth-order valence-corrected chi connectivity index (χ4v) is 3.15. The Morgan fingerprint density at radius 1 is 1.11 bits per heavy atom. The number of sulfonamides is 1. The lowest BCUT2D eigenvalue weighted by Gasteiger charge is -2.16. The summed E-state index contributed by atoms with van der Waals surface area (Å²) in [5, 5.41) is 2.96. The first-order valence-corrected chi connectivity index (χ1v) is 7.63. The summed E-state index contributed by atoms with van der Waals surface area (Å²) in [6, 6.07) is 6.66. The highest BCUT2D eigenvalue weighted by atomic mass is 32.2. The largest absolute Gasteiger partial charge is 0.388 e. The van der Waals surface area contributed by atoms with E-state index in [1.807, 2.05) is 6.92 Å². The zero-order valence-electron chi connectivity index (χ0n) is 11.4. The summed E-state index contributed by atoms with van der Waals surface area (Å²) in [7, 11) is -1.61. The third kappa shape index (κ3) is 4.31. The molecule has 0 spiro atoms. The third-order valence-electron chi connectivity index (χ3n) is 2.63. The molecule has 0 aliphatic heterocycles. The van der Waals surface area contributed by atoms with E-state index >= 15 is 0 Å². The van der Waals surface area contributed by atoms with Crippen LogP contribution in [0.15, 0.2) is 29.2 Å². The molecule has 1 aromatic rings. The molecule has 0 saturated heterocycles. The Labute approximate surface area is 110 Å². The molecule has 1 atom stereocenters. The van der Waals surface area contributed by atoms with Crippen LogP contribution in [0.5, 0.6) is 0 Å². The maximum absolute atomic E-state index is 12.1. The molecule has 102 valence electrons. The lowest BCUT2D eigenvalue weighted by atomic mass is 10.1. The lowest BCUT2D eigenvalue weighted by molar-refractivity contribution is 0.482. The summed E-state index contributed by atoms with van der Waals surface area (Å²) in [5.41, 5.74) is 0.893. The molecule has 5 heteroatoms. The summed E-state index contributed by atoms with van der Waals surface area (Å²) in [4.78, 5) is 0.303. The van der Waals surface area contributed by atoms with Gasteiger partial charge in [0.15, 0.2) is 0 Å². The molecule has 18 heavy (non-hydrogen) atoms. The molecular weight excluding hydrogens is 248 g/mol. The van der Waals surface area contributed by atoms with Crippen molar-refractivity contribution in [3.63, 3.8) is 0 Å². The highest BCUT2D eigenvalue weighted by Gasteiger charge is 2.17. The topological polar surface area (TPSA) is 58.2 Å². The van der Waals surface area contributed by atoms with Gasteiger partial charge >= 0.3 is 0 Å². The van der Waals surface area contributed by atoms with E-state index in [4.69, 9.17) is 0 Å². The Bertz CT molecular complexity index is 466. The van der Waals surface area contributed by atoms with Gasteiger partial charge in [0, 0.05) is 18.8 Å². The first-order chi connectivity index (χ1) is 8.35. The van der Waals surface area contributed by atoms with E-state index in [2.05, 4.69) is 23.9 Å². The smallest absolute Gasteiger partial charge is 0.240 e. The van der Waals surface area contributed by atoms with E-state index in [-0.39, 0.29) is 6.04 Å². The van der Waals surface area contributed by atoms with Gasteiger partial charge in [0.2, 0.25) is 10.0 Å². The van der Waals surface area contributed by atoms with Gasteiger partial charge in [-0.1, -0.05) is 13.8 Å². The number of benzene rings is 1. The molecule has 4 nitrogen and oxygen atoms in total. The molecular formula is C13H22N2O2S. The Morgan fingerprint density at radius 3 is 2.11 bits per heavy atom. The quantitative estimate of drug-likeness (QED) is 0.834. The van der Waals surface area contributed by atoms with Gasteiger partial charge in [-0.15, -0.1) is 0 Å². The van der Waals surface area contributed by atoms with Gasteiger partial charge in [-0.05, 0) is 43.5 Å². The van der Waals surface area contributed by atoms with Crippen molar-refractivity contribution in [2.75, 3.05) is 12.4 Å². The van der Waals surface area contributed by atoms with E-state index in [1.165, 1.54) is 0 Å². The standard InChI is InChI=1S/C13H22N2O2S/c1-10(2)9-11(3)15-18(16,17)13-7-5-12(14-4)6-8-13/h5-8,10-11,14-15H,9H2,1-4H3. The minimum atomic E-state index is -3.41. The zero-order valence-corrected chi connectivity index (χ0v) is 12.2. The van der Waals surface area contributed by atoms with E-state index in [0.717, 1.165) is 12.1 Å². The number of nitrogens with one attached hydrogen (secondary N) is 2. The minimum Gasteiger partial charge on any atom is -0.388 e. The van der Waals surface area contributed by atoms with Crippen LogP contribution < -0.4 is 10.0 Å². The van der Waals surface area contributed by atoms with Crippen molar-refractivity contribution < 1.29 is 8.42 Å². The predicted molar refractivity (Wildman–Crippen MR) is 75.2 cm³/mol. The normalized spacial score (nSPS) is 13.6. The van der Waals surface area contributed by atoms with Crippen LogP contribution in [-0.2, 0) is 10.0 Å². The molecule has 1 unspecified atom stereocenters. The third-order valence-corrected chi connectivity index (χ3v) is 4.24. The zero-order chi connectivity index (χ0) is 13.8. The first-order valence-electron chi connectivity index (χ1n) is 6.15. The molecule has 0 bridgehead atoms. The molecule has 0 heterocycles. The van der Waals surface area contributed by atoms with Gasteiger partial charge in [0.25, 0.3) is 0 Å². The van der Waals surface area contributed by atoms with Crippen LogP contribution >= 0.6 is 0 Å². The highest BCUT2D eigenvalue weighted by Crippen LogP contribution is 2.15. The summed E-state index contributed by atoms with van der Waals surface area (Å²) < 4.78 is 26.9. The second-order valence-electron chi connectivity index (χ2n) is 4.93. The second kappa shape index (κ2) is 6.20. The molecule has 0 saturated carbocycles. The molecule has 0 fully saturated rings. The van der Waals surface area contributed by atoms with Crippen molar-refractivity contribution in [3.8, 4) is 0 Å². The van der Waals surface area contributed by atoms with Gasteiger partial charge in [0.05, 0.1) is 4.90 Å². The van der Waals surface area contributed by atoms with Crippen LogP contribution in [0, 0.1) is 5.92 Å². The van der Waals surface area contributed by atoms with E-state index in [1.54, 1.807) is 31.3 Å². The Morgan fingerprint density at radius 2 is 1.67 bits per heavy atom. The molecule has 1 aromatic carbocycles. The van der Waals surface area contributed by atoms with Crippen molar-refractivity contribution in [1.29, 1.82) is 0 Å². The molecule has 2 N–H and O–H groups in total. The van der Waals surface area contributed by atoms with Crippen molar-refractivity contribution in [2.45, 2.75) is 38.1 Å². The van der Waals surface area contributed by atoms with Crippen LogP contribution in [0.4, 0.5) is 5.69 Å². The van der Waals surface area contributed by atoms with Crippen LogP contribution in [-0.4, -0.2) is 21.5 Å². The van der Waals surface area contributed by atoms with Crippen LogP contribution in [0.1, 0.15) is 27.2 Å². The maximum Gasteiger partial charge on any atom is 0.240 e. The van der Waals surface area contributed by atoms with Crippen molar-refractivity contribution in [1.82, 2.24) is 4.72 Å². The van der Waals surface area contributed by atoms with E-state index in [9.17, 15) is 8.42 Å². The molecule has 1 rings (SSSR count).